The van der Waals surface area contributed by atoms with Crippen LogP contribution in [-0.4, -0.2) is 12.5 Å². The van der Waals surface area contributed by atoms with Crippen LogP contribution in [0.25, 0.3) is 0 Å². The number of nitriles is 1. The maximum absolute atomic E-state index is 11.8. The SMILES string of the molecule is CCCc1ccc(CCNC(=O)C2(C#N)CC2)cc1. The van der Waals surface area contributed by atoms with E-state index in [0.29, 0.717) is 19.4 Å². The molecule has 0 saturated heterocycles. The van der Waals surface area contributed by atoms with E-state index in [4.69, 9.17) is 5.26 Å². The molecule has 1 aromatic rings. The molecule has 0 aliphatic heterocycles. The zero-order valence-corrected chi connectivity index (χ0v) is 11.4. The lowest BCUT2D eigenvalue weighted by Crippen LogP contribution is -2.32. The van der Waals surface area contributed by atoms with Gasteiger partial charge in [-0.25, -0.2) is 0 Å². The van der Waals surface area contributed by atoms with Crippen molar-refractivity contribution in [1.82, 2.24) is 5.32 Å². The third kappa shape index (κ3) is 3.35. The number of rotatable bonds is 6. The summed E-state index contributed by atoms with van der Waals surface area (Å²) in [6.45, 7) is 2.78. The minimum Gasteiger partial charge on any atom is -0.354 e. The first-order valence-corrected chi connectivity index (χ1v) is 6.97. The van der Waals surface area contributed by atoms with Crippen LogP contribution in [0.4, 0.5) is 0 Å². The fraction of sp³-hybridized carbons (Fsp3) is 0.500. The molecule has 100 valence electrons. The third-order valence-electron chi connectivity index (χ3n) is 3.66. The standard InChI is InChI=1S/C16H20N2O/c1-2-3-13-4-6-14(7-5-13)8-11-18-15(19)16(12-17)9-10-16/h4-7H,2-3,8-11H2,1H3,(H,18,19). The second-order valence-corrected chi connectivity index (χ2v) is 5.27. The van der Waals surface area contributed by atoms with Gasteiger partial charge in [0.05, 0.1) is 6.07 Å². The maximum Gasteiger partial charge on any atom is 0.240 e. The lowest BCUT2D eigenvalue weighted by molar-refractivity contribution is -0.124. The lowest BCUT2D eigenvalue weighted by Gasteiger charge is -2.08. The molecule has 1 aliphatic rings. The van der Waals surface area contributed by atoms with Crippen molar-refractivity contribution >= 4 is 5.91 Å². The van der Waals surface area contributed by atoms with Crippen LogP contribution in [0, 0.1) is 16.7 Å². The Hall–Kier alpha value is -1.82. The molecule has 0 radical (unpaired) electrons. The van der Waals surface area contributed by atoms with Crippen LogP contribution in [0.15, 0.2) is 24.3 Å². The van der Waals surface area contributed by atoms with Gasteiger partial charge >= 0.3 is 0 Å². The molecule has 3 nitrogen and oxygen atoms in total. The number of nitrogens with zero attached hydrogens (tertiary/aromatic N) is 1. The van der Waals surface area contributed by atoms with Crippen molar-refractivity contribution in [2.75, 3.05) is 6.54 Å². The minimum atomic E-state index is -0.703. The van der Waals surface area contributed by atoms with Crippen molar-refractivity contribution in [3.63, 3.8) is 0 Å². The molecule has 1 aromatic carbocycles. The number of hydrogen-bond acceptors (Lipinski definition) is 2. The van der Waals surface area contributed by atoms with Gasteiger partial charge in [0.25, 0.3) is 0 Å². The van der Waals surface area contributed by atoms with Crippen molar-refractivity contribution in [1.29, 1.82) is 5.26 Å². The molecule has 19 heavy (non-hydrogen) atoms. The summed E-state index contributed by atoms with van der Waals surface area (Å²) < 4.78 is 0. The van der Waals surface area contributed by atoms with E-state index in [0.717, 1.165) is 19.3 Å². The Kier molecular flexibility index (Phi) is 4.21. The molecule has 0 bridgehead atoms. The highest BCUT2D eigenvalue weighted by atomic mass is 16.2. The lowest BCUT2D eigenvalue weighted by atomic mass is 10.1. The van der Waals surface area contributed by atoms with Gasteiger partial charge in [0.2, 0.25) is 5.91 Å². The van der Waals surface area contributed by atoms with E-state index in [1.54, 1.807) is 0 Å². The van der Waals surface area contributed by atoms with E-state index in [2.05, 4.69) is 42.6 Å². The van der Waals surface area contributed by atoms with Gasteiger partial charge in [-0.1, -0.05) is 37.6 Å². The molecule has 1 aliphatic carbocycles. The number of benzene rings is 1. The molecule has 3 heteroatoms. The molecule has 0 atom stereocenters. The van der Waals surface area contributed by atoms with E-state index in [-0.39, 0.29) is 5.91 Å². The van der Waals surface area contributed by atoms with Crippen molar-refractivity contribution in [3.8, 4) is 6.07 Å². The third-order valence-corrected chi connectivity index (χ3v) is 3.66. The van der Waals surface area contributed by atoms with Gasteiger partial charge in [-0.2, -0.15) is 5.26 Å². The molecule has 0 aromatic heterocycles. The molecule has 1 amide bonds. The van der Waals surface area contributed by atoms with Crippen LogP contribution in [0.3, 0.4) is 0 Å². The highest BCUT2D eigenvalue weighted by Gasteiger charge is 2.50. The van der Waals surface area contributed by atoms with Gasteiger partial charge in [-0.05, 0) is 36.8 Å². The Morgan fingerprint density at radius 3 is 2.32 bits per heavy atom. The monoisotopic (exact) mass is 256 g/mol. The van der Waals surface area contributed by atoms with Crippen molar-refractivity contribution in [3.05, 3.63) is 35.4 Å². The Labute approximate surface area is 114 Å². The van der Waals surface area contributed by atoms with E-state index in [1.807, 2.05) is 0 Å². The smallest absolute Gasteiger partial charge is 0.240 e. The first kappa shape index (κ1) is 13.6. The van der Waals surface area contributed by atoms with E-state index in [1.165, 1.54) is 11.1 Å². The summed E-state index contributed by atoms with van der Waals surface area (Å²) in [5.74, 6) is -0.0994. The van der Waals surface area contributed by atoms with Gasteiger partial charge in [0, 0.05) is 6.54 Å². The van der Waals surface area contributed by atoms with Gasteiger partial charge in [-0.3, -0.25) is 4.79 Å². The van der Waals surface area contributed by atoms with Gasteiger partial charge in [-0.15, -0.1) is 0 Å². The molecule has 0 unspecified atom stereocenters. The van der Waals surface area contributed by atoms with Crippen LogP contribution in [0.2, 0.25) is 0 Å². The first-order valence-electron chi connectivity index (χ1n) is 6.97. The van der Waals surface area contributed by atoms with Gasteiger partial charge in [0.1, 0.15) is 5.41 Å². The highest BCUT2D eigenvalue weighted by molar-refractivity contribution is 5.88. The normalized spacial score (nSPS) is 15.6. The summed E-state index contributed by atoms with van der Waals surface area (Å²) in [4.78, 5) is 11.8. The number of carbonyl (C=O) groups is 1. The van der Waals surface area contributed by atoms with Crippen LogP contribution in [0.1, 0.15) is 37.3 Å². The number of carbonyl (C=O) groups excluding carboxylic acids is 1. The minimum absolute atomic E-state index is 0.0994. The van der Waals surface area contributed by atoms with Crippen molar-refractivity contribution < 1.29 is 4.79 Å². The Bertz CT molecular complexity index is 480. The second kappa shape index (κ2) is 5.88. The van der Waals surface area contributed by atoms with E-state index in [9.17, 15) is 4.79 Å². The zero-order valence-electron chi connectivity index (χ0n) is 11.4. The number of nitrogens with one attached hydrogen (secondary N) is 1. The number of hydrogen-bond donors (Lipinski definition) is 1. The van der Waals surface area contributed by atoms with Crippen molar-refractivity contribution in [2.24, 2.45) is 5.41 Å². The average molecular weight is 256 g/mol. The predicted molar refractivity (Wildman–Crippen MR) is 74.4 cm³/mol. The quantitative estimate of drug-likeness (QED) is 0.850. The number of amides is 1. The number of aryl methyl sites for hydroxylation is 1. The molecule has 0 spiro atoms. The van der Waals surface area contributed by atoms with Gasteiger partial charge in [0.15, 0.2) is 0 Å². The summed E-state index contributed by atoms with van der Waals surface area (Å²) in [6.07, 6.45) is 4.51. The Morgan fingerprint density at radius 2 is 1.84 bits per heavy atom. The van der Waals surface area contributed by atoms with Crippen molar-refractivity contribution in [2.45, 2.75) is 39.0 Å². The largest absolute Gasteiger partial charge is 0.354 e. The predicted octanol–water partition coefficient (Wildman–Crippen LogP) is 2.60. The fourth-order valence-corrected chi connectivity index (χ4v) is 2.17. The fourth-order valence-electron chi connectivity index (χ4n) is 2.17. The zero-order chi connectivity index (χ0) is 13.7. The highest BCUT2D eigenvalue weighted by Crippen LogP contribution is 2.44. The molecule has 0 heterocycles. The van der Waals surface area contributed by atoms with E-state index < -0.39 is 5.41 Å². The Balaban J connectivity index is 1.77. The molecule has 1 fully saturated rings. The van der Waals surface area contributed by atoms with Gasteiger partial charge < -0.3 is 5.32 Å². The summed E-state index contributed by atoms with van der Waals surface area (Å²) in [7, 11) is 0. The maximum atomic E-state index is 11.8. The molecule has 1 saturated carbocycles. The second-order valence-electron chi connectivity index (χ2n) is 5.27. The van der Waals surface area contributed by atoms with Crippen LogP contribution < -0.4 is 5.32 Å². The molecular weight excluding hydrogens is 236 g/mol. The average Bonchev–Trinajstić information content (AvgIpc) is 3.22. The van der Waals surface area contributed by atoms with Crippen LogP contribution in [-0.2, 0) is 17.6 Å². The summed E-state index contributed by atoms with van der Waals surface area (Å²) in [5.41, 5.74) is 1.88. The van der Waals surface area contributed by atoms with Crippen LogP contribution >= 0.6 is 0 Å². The summed E-state index contributed by atoms with van der Waals surface area (Å²) in [6, 6.07) is 10.7. The Morgan fingerprint density at radius 1 is 1.26 bits per heavy atom. The molecule has 2 rings (SSSR count). The molecular formula is C16H20N2O. The molecule has 1 N–H and O–H groups in total. The van der Waals surface area contributed by atoms with E-state index >= 15 is 0 Å². The topological polar surface area (TPSA) is 52.9 Å². The summed E-state index contributed by atoms with van der Waals surface area (Å²) in [5, 5.41) is 11.8. The van der Waals surface area contributed by atoms with Crippen LogP contribution in [0.5, 0.6) is 0 Å². The first-order chi connectivity index (χ1) is 9.20. The summed E-state index contributed by atoms with van der Waals surface area (Å²) >= 11 is 0.